The molecule has 0 saturated carbocycles. The lowest BCUT2D eigenvalue weighted by Crippen LogP contribution is -2.06. The smallest absolute Gasteiger partial charge is 0.210 e. The van der Waals surface area contributed by atoms with Crippen molar-refractivity contribution in [3.8, 4) is 0 Å². The number of hydrogen-bond donors (Lipinski definition) is 0. The quantitative estimate of drug-likeness (QED) is 0.318. The molecular formula is C8H15O2. The number of ether oxygens (including phenoxy) is 1. The average Bonchev–Trinajstić information content (AvgIpc) is 1.98. The Morgan fingerprint density at radius 1 is 1.60 bits per heavy atom. The molecule has 0 N–H and O–H groups in total. The van der Waals surface area contributed by atoms with E-state index >= 15 is 0 Å². The molecule has 1 radical (unpaired) electrons. The van der Waals surface area contributed by atoms with Crippen LogP contribution in [0.2, 0.25) is 0 Å². The van der Waals surface area contributed by atoms with Gasteiger partial charge in [-0.3, -0.25) is 0 Å². The highest BCUT2D eigenvalue weighted by Gasteiger charge is 1.96. The fourth-order valence-electron chi connectivity index (χ4n) is 0.620. The van der Waals surface area contributed by atoms with Crippen molar-refractivity contribution in [2.75, 3.05) is 6.61 Å². The molecule has 0 aromatic carbocycles. The fourth-order valence-corrected chi connectivity index (χ4v) is 0.620. The molecule has 0 spiro atoms. The summed E-state index contributed by atoms with van der Waals surface area (Å²) in [6, 6.07) is 0. The molecule has 0 aliphatic carbocycles. The minimum absolute atomic E-state index is 0.564. The molecular weight excluding hydrogens is 128 g/mol. The highest BCUT2D eigenvalue weighted by molar-refractivity contribution is 4.69. The second kappa shape index (κ2) is 6.78. The van der Waals surface area contributed by atoms with Crippen molar-refractivity contribution in [1.82, 2.24) is 0 Å². The Morgan fingerprint density at radius 2 is 2.30 bits per heavy atom. The second-order valence-corrected chi connectivity index (χ2v) is 2.18. The third-order valence-corrected chi connectivity index (χ3v) is 1.22. The van der Waals surface area contributed by atoms with Crippen molar-refractivity contribution in [1.29, 1.82) is 0 Å². The Kier molecular flexibility index (Phi) is 6.55. The summed E-state index contributed by atoms with van der Waals surface area (Å²) in [4.78, 5) is 0. The van der Waals surface area contributed by atoms with E-state index in [1.807, 2.05) is 0 Å². The zero-order chi connectivity index (χ0) is 7.82. The van der Waals surface area contributed by atoms with Crippen LogP contribution in [0.4, 0.5) is 0 Å². The van der Waals surface area contributed by atoms with Gasteiger partial charge in [0, 0.05) is 0 Å². The molecule has 0 saturated heterocycles. The zero-order valence-corrected chi connectivity index (χ0v) is 6.51. The molecule has 0 fully saturated rings. The lowest BCUT2D eigenvalue weighted by atomic mass is 10.3. The van der Waals surface area contributed by atoms with Crippen molar-refractivity contribution in [3.05, 3.63) is 12.7 Å². The van der Waals surface area contributed by atoms with Crippen molar-refractivity contribution in [2.24, 2.45) is 0 Å². The maximum Gasteiger partial charge on any atom is 0.210 e. The van der Waals surface area contributed by atoms with E-state index in [4.69, 9.17) is 4.74 Å². The molecule has 0 aromatic heterocycles. The SMILES string of the molecule is C=CC([O])OCCCCC. The maximum atomic E-state index is 10.5. The molecule has 2 heteroatoms. The van der Waals surface area contributed by atoms with E-state index in [1.54, 1.807) is 0 Å². The third-order valence-electron chi connectivity index (χ3n) is 1.22. The van der Waals surface area contributed by atoms with Gasteiger partial charge in [0.2, 0.25) is 6.29 Å². The monoisotopic (exact) mass is 143 g/mol. The van der Waals surface area contributed by atoms with Gasteiger partial charge in [-0.1, -0.05) is 26.3 Å². The van der Waals surface area contributed by atoms with Crippen molar-refractivity contribution in [2.45, 2.75) is 32.5 Å². The molecule has 1 atom stereocenters. The minimum Gasteiger partial charge on any atom is -0.347 e. The molecule has 10 heavy (non-hydrogen) atoms. The van der Waals surface area contributed by atoms with Crippen LogP contribution in [-0.2, 0) is 9.84 Å². The van der Waals surface area contributed by atoms with Crippen molar-refractivity contribution in [3.63, 3.8) is 0 Å². The maximum absolute atomic E-state index is 10.5. The standard InChI is InChI=1S/C8H15O2/c1-3-5-6-7-10-8(9)4-2/h4,8H,2-3,5-7H2,1H3. The van der Waals surface area contributed by atoms with Gasteiger partial charge < -0.3 is 4.74 Å². The third kappa shape index (κ3) is 5.79. The van der Waals surface area contributed by atoms with Crippen LogP contribution < -0.4 is 0 Å². The summed E-state index contributed by atoms with van der Waals surface area (Å²) < 4.78 is 4.82. The molecule has 0 aromatic rings. The molecule has 0 heterocycles. The van der Waals surface area contributed by atoms with Crippen LogP contribution >= 0.6 is 0 Å². The van der Waals surface area contributed by atoms with Gasteiger partial charge >= 0.3 is 0 Å². The molecule has 0 rings (SSSR count). The summed E-state index contributed by atoms with van der Waals surface area (Å²) in [5.74, 6) is 0. The first kappa shape index (κ1) is 9.66. The fraction of sp³-hybridized carbons (Fsp3) is 0.750. The van der Waals surface area contributed by atoms with E-state index in [0.717, 1.165) is 19.3 Å². The Hall–Kier alpha value is -0.340. The molecule has 2 nitrogen and oxygen atoms in total. The van der Waals surface area contributed by atoms with Crippen LogP contribution in [0.25, 0.3) is 0 Å². The largest absolute Gasteiger partial charge is 0.347 e. The summed E-state index contributed by atoms with van der Waals surface area (Å²) >= 11 is 0. The van der Waals surface area contributed by atoms with Crippen LogP contribution in [-0.4, -0.2) is 12.9 Å². The highest BCUT2D eigenvalue weighted by atomic mass is 16.6. The summed E-state index contributed by atoms with van der Waals surface area (Å²) in [5, 5.41) is 10.5. The van der Waals surface area contributed by atoms with E-state index in [2.05, 4.69) is 13.5 Å². The van der Waals surface area contributed by atoms with Crippen LogP contribution in [0.3, 0.4) is 0 Å². The van der Waals surface area contributed by atoms with Gasteiger partial charge in [-0.05, 0) is 12.5 Å². The Labute approximate surface area is 62.5 Å². The van der Waals surface area contributed by atoms with Gasteiger partial charge in [0.1, 0.15) is 0 Å². The van der Waals surface area contributed by atoms with Gasteiger partial charge in [-0.15, -0.1) is 0 Å². The summed E-state index contributed by atoms with van der Waals surface area (Å²) in [6.45, 7) is 6.00. The van der Waals surface area contributed by atoms with E-state index in [0.29, 0.717) is 6.61 Å². The van der Waals surface area contributed by atoms with Gasteiger partial charge in [-0.25, -0.2) is 0 Å². The lowest BCUT2D eigenvalue weighted by Gasteiger charge is -2.03. The Balaban J connectivity index is 2.95. The first-order valence-corrected chi connectivity index (χ1v) is 3.71. The Morgan fingerprint density at radius 3 is 2.80 bits per heavy atom. The summed E-state index contributed by atoms with van der Waals surface area (Å²) in [5.41, 5.74) is 0. The van der Waals surface area contributed by atoms with Gasteiger partial charge in [0.15, 0.2) is 0 Å². The van der Waals surface area contributed by atoms with Gasteiger partial charge in [-0.2, -0.15) is 5.11 Å². The molecule has 59 valence electrons. The predicted molar refractivity (Wildman–Crippen MR) is 40.1 cm³/mol. The summed E-state index contributed by atoms with van der Waals surface area (Å²) in [7, 11) is 0. The molecule has 0 amide bonds. The van der Waals surface area contributed by atoms with Crippen LogP contribution in [0.5, 0.6) is 0 Å². The van der Waals surface area contributed by atoms with Crippen LogP contribution in [0.1, 0.15) is 26.2 Å². The Bertz CT molecular complexity index is 81.3. The zero-order valence-electron chi connectivity index (χ0n) is 6.51. The predicted octanol–water partition coefficient (Wildman–Crippen LogP) is 2.14. The highest BCUT2D eigenvalue weighted by Crippen LogP contribution is 1.96. The molecule has 1 unspecified atom stereocenters. The van der Waals surface area contributed by atoms with E-state index in [1.165, 1.54) is 6.08 Å². The van der Waals surface area contributed by atoms with Crippen molar-refractivity contribution < 1.29 is 9.84 Å². The second-order valence-electron chi connectivity index (χ2n) is 2.18. The van der Waals surface area contributed by atoms with Gasteiger partial charge in [0.05, 0.1) is 6.61 Å². The molecule has 0 aliphatic heterocycles. The molecule has 0 bridgehead atoms. The number of unbranched alkanes of at least 4 members (excludes halogenated alkanes) is 2. The van der Waals surface area contributed by atoms with Crippen LogP contribution in [0.15, 0.2) is 12.7 Å². The average molecular weight is 143 g/mol. The first-order valence-electron chi connectivity index (χ1n) is 3.71. The van der Waals surface area contributed by atoms with E-state index < -0.39 is 6.29 Å². The first-order chi connectivity index (χ1) is 4.81. The van der Waals surface area contributed by atoms with Crippen molar-refractivity contribution >= 4 is 0 Å². The normalized spacial score (nSPS) is 13.0. The molecule has 0 aliphatic rings. The van der Waals surface area contributed by atoms with E-state index in [-0.39, 0.29) is 0 Å². The minimum atomic E-state index is -1.03. The number of hydrogen-bond acceptors (Lipinski definition) is 1. The van der Waals surface area contributed by atoms with E-state index in [9.17, 15) is 5.11 Å². The summed E-state index contributed by atoms with van der Waals surface area (Å²) in [6.07, 6.45) is 3.50. The van der Waals surface area contributed by atoms with Gasteiger partial charge in [0.25, 0.3) is 0 Å². The topological polar surface area (TPSA) is 29.1 Å². The number of rotatable bonds is 6. The lowest BCUT2D eigenvalue weighted by molar-refractivity contribution is -0.106. The van der Waals surface area contributed by atoms with Crippen LogP contribution in [0, 0.1) is 0 Å².